The Morgan fingerprint density at radius 1 is 1.15 bits per heavy atom. The van der Waals surface area contributed by atoms with Crippen molar-refractivity contribution in [1.29, 1.82) is 0 Å². The number of rotatable bonds is 6. The molecule has 0 saturated heterocycles. The SMILES string of the molecule is COC(=O)[C@H](CO)NC(=O)Cn1c(-c2ccccc2)nc2ccccc21. The molecule has 26 heavy (non-hydrogen) atoms. The Balaban J connectivity index is 1.94. The van der Waals surface area contributed by atoms with Gasteiger partial charge in [-0.2, -0.15) is 0 Å². The predicted octanol–water partition coefficient (Wildman–Crippen LogP) is 1.35. The second-order valence-electron chi connectivity index (χ2n) is 5.70. The van der Waals surface area contributed by atoms with E-state index in [4.69, 9.17) is 0 Å². The molecule has 1 amide bonds. The van der Waals surface area contributed by atoms with Crippen LogP contribution in [0.3, 0.4) is 0 Å². The summed E-state index contributed by atoms with van der Waals surface area (Å²) in [6, 6.07) is 16.0. The Bertz CT molecular complexity index is 921. The molecule has 1 heterocycles. The Hall–Kier alpha value is -3.19. The van der Waals surface area contributed by atoms with Crippen LogP contribution >= 0.6 is 0 Å². The number of para-hydroxylation sites is 2. The molecule has 2 N–H and O–H groups in total. The number of ether oxygens (including phenoxy) is 1. The predicted molar refractivity (Wildman–Crippen MR) is 96.2 cm³/mol. The molecule has 0 spiro atoms. The normalized spacial score (nSPS) is 11.9. The zero-order chi connectivity index (χ0) is 18.5. The number of benzene rings is 2. The lowest BCUT2D eigenvalue weighted by atomic mass is 10.2. The smallest absolute Gasteiger partial charge is 0.330 e. The third-order valence-electron chi connectivity index (χ3n) is 3.99. The number of nitrogens with zero attached hydrogens (tertiary/aromatic N) is 2. The number of esters is 1. The lowest BCUT2D eigenvalue weighted by Gasteiger charge is -2.15. The van der Waals surface area contributed by atoms with Gasteiger partial charge in [0.25, 0.3) is 0 Å². The number of carbonyl (C=O) groups excluding carboxylic acids is 2. The second-order valence-corrected chi connectivity index (χ2v) is 5.70. The maximum absolute atomic E-state index is 12.4. The molecule has 1 atom stereocenters. The average molecular weight is 353 g/mol. The van der Waals surface area contributed by atoms with Gasteiger partial charge in [-0.05, 0) is 12.1 Å². The monoisotopic (exact) mass is 353 g/mol. The van der Waals surface area contributed by atoms with E-state index in [1.165, 1.54) is 7.11 Å². The first-order valence-corrected chi connectivity index (χ1v) is 8.12. The number of hydrogen-bond donors (Lipinski definition) is 2. The highest BCUT2D eigenvalue weighted by Crippen LogP contribution is 2.24. The molecule has 0 radical (unpaired) electrons. The van der Waals surface area contributed by atoms with Crippen LogP contribution in [0, 0.1) is 0 Å². The number of imidazole rings is 1. The van der Waals surface area contributed by atoms with Crippen molar-refractivity contribution in [3.63, 3.8) is 0 Å². The summed E-state index contributed by atoms with van der Waals surface area (Å²) in [5.41, 5.74) is 2.45. The van der Waals surface area contributed by atoms with Gasteiger partial charge in [-0.25, -0.2) is 9.78 Å². The summed E-state index contributed by atoms with van der Waals surface area (Å²) in [7, 11) is 1.20. The summed E-state index contributed by atoms with van der Waals surface area (Å²) < 4.78 is 6.35. The Kier molecular flexibility index (Phi) is 5.28. The van der Waals surface area contributed by atoms with Gasteiger partial charge in [0.2, 0.25) is 5.91 Å². The van der Waals surface area contributed by atoms with Gasteiger partial charge in [0.15, 0.2) is 6.04 Å². The summed E-state index contributed by atoms with van der Waals surface area (Å²) in [6.07, 6.45) is 0. The highest BCUT2D eigenvalue weighted by atomic mass is 16.5. The molecule has 0 aliphatic carbocycles. The van der Waals surface area contributed by atoms with E-state index in [0.717, 1.165) is 16.6 Å². The van der Waals surface area contributed by atoms with E-state index in [1.54, 1.807) is 4.57 Å². The summed E-state index contributed by atoms with van der Waals surface area (Å²) in [4.78, 5) is 28.6. The van der Waals surface area contributed by atoms with Crippen molar-refractivity contribution >= 4 is 22.9 Å². The number of hydrogen-bond acceptors (Lipinski definition) is 5. The van der Waals surface area contributed by atoms with Crippen LogP contribution in [-0.4, -0.2) is 46.3 Å². The molecule has 3 aromatic rings. The number of nitrogens with one attached hydrogen (secondary N) is 1. The maximum Gasteiger partial charge on any atom is 0.330 e. The van der Waals surface area contributed by atoms with Crippen LogP contribution in [-0.2, 0) is 20.9 Å². The highest BCUT2D eigenvalue weighted by Gasteiger charge is 2.22. The van der Waals surface area contributed by atoms with E-state index in [2.05, 4.69) is 15.0 Å². The number of aliphatic hydroxyl groups is 1. The van der Waals surface area contributed by atoms with Crippen molar-refractivity contribution in [2.45, 2.75) is 12.6 Å². The minimum atomic E-state index is -1.09. The number of methoxy groups -OCH3 is 1. The topological polar surface area (TPSA) is 93.5 Å². The average Bonchev–Trinajstić information content (AvgIpc) is 3.04. The number of aliphatic hydroxyl groups excluding tert-OH is 1. The summed E-state index contributed by atoms with van der Waals surface area (Å²) >= 11 is 0. The Morgan fingerprint density at radius 2 is 1.85 bits per heavy atom. The fraction of sp³-hybridized carbons (Fsp3) is 0.211. The van der Waals surface area contributed by atoms with Gasteiger partial charge in [-0.15, -0.1) is 0 Å². The third kappa shape index (κ3) is 3.57. The van der Waals surface area contributed by atoms with Crippen molar-refractivity contribution in [3.8, 4) is 11.4 Å². The van der Waals surface area contributed by atoms with Gasteiger partial charge in [-0.1, -0.05) is 42.5 Å². The molecule has 134 valence electrons. The summed E-state index contributed by atoms with van der Waals surface area (Å²) in [5.74, 6) is -0.463. The molecule has 7 nitrogen and oxygen atoms in total. The molecule has 0 unspecified atom stereocenters. The van der Waals surface area contributed by atoms with Crippen LogP contribution in [0.25, 0.3) is 22.4 Å². The first kappa shape index (κ1) is 17.6. The van der Waals surface area contributed by atoms with E-state index in [9.17, 15) is 14.7 Å². The lowest BCUT2D eigenvalue weighted by Crippen LogP contribution is -2.45. The van der Waals surface area contributed by atoms with E-state index in [1.807, 2.05) is 54.6 Å². The van der Waals surface area contributed by atoms with Gasteiger partial charge < -0.3 is 19.7 Å². The van der Waals surface area contributed by atoms with Crippen LogP contribution in [0.15, 0.2) is 54.6 Å². The van der Waals surface area contributed by atoms with Gasteiger partial charge in [0.1, 0.15) is 12.4 Å². The van der Waals surface area contributed by atoms with Crippen molar-refractivity contribution in [2.24, 2.45) is 0 Å². The number of amides is 1. The molecular formula is C19H19N3O4. The van der Waals surface area contributed by atoms with Crippen LogP contribution in [0.2, 0.25) is 0 Å². The summed E-state index contributed by atoms with van der Waals surface area (Å²) in [5, 5.41) is 11.8. The fourth-order valence-corrected chi connectivity index (χ4v) is 2.75. The molecule has 1 aromatic heterocycles. The Labute approximate surface area is 150 Å². The highest BCUT2D eigenvalue weighted by molar-refractivity contribution is 5.87. The molecule has 0 bridgehead atoms. The second kappa shape index (κ2) is 7.79. The lowest BCUT2D eigenvalue weighted by molar-refractivity contribution is -0.146. The van der Waals surface area contributed by atoms with E-state index in [-0.39, 0.29) is 6.54 Å². The van der Waals surface area contributed by atoms with Crippen LogP contribution < -0.4 is 5.32 Å². The third-order valence-corrected chi connectivity index (χ3v) is 3.99. The van der Waals surface area contributed by atoms with Crippen molar-refractivity contribution in [1.82, 2.24) is 14.9 Å². The largest absolute Gasteiger partial charge is 0.467 e. The quantitative estimate of drug-likeness (QED) is 0.653. The van der Waals surface area contributed by atoms with Gasteiger partial charge >= 0.3 is 5.97 Å². The van der Waals surface area contributed by atoms with E-state index in [0.29, 0.717) is 5.82 Å². The maximum atomic E-state index is 12.4. The zero-order valence-electron chi connectivity index (χ0n) is 14.3. The minimum Gasteiger partial charge on any atom is -0.467 e. The minimum absolute atomic E-state index is 0.0434. The van der Waals surface area contributed by atoms with Gasteiger partial charge in [0, 0.05) is 5.56 Å². The van der Waals surface area contributed by atoms with Crippen molar-refractivity contribution in [3.05, 3.63) is 54.6 Å². The molecule has 2 aromatic carbocycles. The molecule has 0 aliphatic rings. The first-order chi connectivity index (χ1) is 12.6. The van der Waals surface area contributed by atoms with Crippen molar-refractivity contribution in [2.75, 3.05) is 13.7 Å². The zero-order valence-corrected chi connectivity index (χ0v) is 14.3. The fourth-order valence-electron chi connectivity index (χ4n) is 2.75. The molecule has 0 saturated carbocycles. The molecule has 3 rings (SSSR count). The van der Waals surface area contributed by atoms with Gasteiger partial charge in [0.05, 0.1) is 24.8 Å². The molecule has 7 heteroatoms. The van der Waals surface area contributed by atoms with E-state index < -0.39 is 24.5 Å². The first-order valence-electron chi connectivity index (χ1n) is 8.12. The van der Waals surface area contributed by atoms with Crippen LogP contribution in [0.5, 0.6) is 0 Å². The van der Waals surface area contributed by atoms with Gasteiger partial charge in [-0.3, -0.25) is 4.79 Å². The van der Waals surface area contributed by atoms with Crippen LogP contribution in [0.4, 0.5) is 0 Å². The molecule has 0 aliphatic heterocycles. The Morgan fingerprint density at radius 3 is 2.54 bits per heavy atom. The standard InChI is InChI=1S/C19H19N3O4/c1-26-19(25)15(12-23)20-17(24)11-22-16-10-6-5-9-14(16)21-18(22)13-7-3-2-4-8-13/h2-10,15,23H,11-12H2,1H3,(H,20,24)/t15-/m0/s1. The molecule has 0 fully saturated rings. The van der Waals surface area contributed by atoms with Crippen LogP contribution in [0.1, 0.15) is 0 Å². The van der Waals surface area contributed by atoms with E-state index >= 15 is 0 Å². The summed E-state index contributed by atoms with van der Waals surface area (Å²) in [6.45, 7) is -0.577. The number of carbonyl (C=O) groups is 2. The number of fused-ring (bicyclic) bond motifs is 1. The van der Waals surface area contributed by atoms with Crippen molar-refractivity contribution < 1.29 is 19.4 Å². The number of aromatic nitrogens is 2. The molecular weight excluding hydrogens is 334 g/mol.